The number of carbonyl (C=O) groups is 1. The molecule has 0 spiro atoms. The van der Waals surface area contributed by atoms with Crippen LogP contribution in [0, 0.1) is 0 Å². The Morgan fingerprint density at radius 2 is 1.78 bits per heavy atom. The lowest BCUT2D eigenvalue weighted by molar-refractivity contribution is -0.113. The fourth-order valence-electron chi connectivity index (χ4n) is 2.23. The van der Waals surface area contributed by atoms with E-state index < -0.39 is 0 Å². The molecule has 1 amide bonds. The van der Waals surface area contributed by atoms with E-state index in [-0.39, 0.29) is 5.91 Å². The Kier molecular flexibility index (Phi) is 4.32. The lowest BCUT2D eigenvalue weighted by atomic mass is 10.2. The van der Waals surface area contributed by atoms with Crippen molar-refractivity contribution in [3.05, 3.63) is 64.8 Å². The molecule has 0 aliphatic carbocycles. The Morgan fingerprint density at radius 1 is 1.13 bits per heavy atom. The number of hydrogen-bond donors (Lipinski definition) is 1. The molecule has 1 aliphatic rings. The topological polar surface area (TPSA) is 41.6 Å². The Bertz CT molecular complexity index is 785. The van der Waals surface area contributed by atoms with Crippen LogP contribution in [0.4, 0.5) is 5.69 Å². The highest BCUT2D eigenvalue weighted by Crippen LogP contribution is 2.24. The van der Waals surface area contributed by atoms with Crippen molar-refractivity contribution < 1.29 is 9.53 Å². The summed E-state index contributed by atoms with van der Waals surface area (Å²) in [5.74, 6) is 0.560. The van der Waals surface area contributed by atoms with E-state index in [0.717, 1.165) is 11.3 Å². The number of carbonyl (C=O) groups excluding carboxylic acids is 1. The van der Waals surface area contributed by atoms with Crippen LogP contribution in [0.2, 0.25) is 5.02 Å². The first-order valence-electron chi connectivity index (χ1n) is 6.85. The van der Waals surface area contributed by atoms with Crippen molar-refractivity contribution in [1.29, 1.82) is 0 Å². The molecule has 0 unspecified atom stereocenters. The van der Waals surface area contributed by atoms with E-state index in [4.69, 9.17) is 28.6 Å². The second-order valence-electron chi connectivity index (χ2n) is 4.88. The molecule has 2 aromatic carbocycles. The largest absolute Gasteiger partial charge is 0.497 e. The minimum absolute atomic E-state index is 0.201. The van der Waals surface area contributed by atoms with Gasteiger partial charge in [-0.3, -0.25) is 9.69 Å². The molecule has 0 radical (unpaired) electrons. The molecule has 0 bridgehead atoms. The van der Waals surface area contributed by atoms with Gasteiger partial charge < -0.3 is 10.1 Å². The van der Waals surface area contributed by atoms with E-state index in [1.54, 1.807) is 37.5 Å². The Balaban J connectivity index is 1.88. The number of nitrogens with zero attached hydrogens (tertiary/aromatic N) is 1. The van der Waals surface area contributed by atoms with E-state index in [9.17, 15) is 4.79 Å². The number of benzene rings is 2. The second-order valence-corrected chi connectivity index (χ2v) is 5.70. The van der Waals surface area contributed by atoms with Crippen LogP contribution in [-0.4, -0.2) is 18.1 Å². The smallest absolute Gasteiger partial charge is 0.281 e. The number of anilines is 1. The van der Waals surface area contributed by atoms with Crippen molar-refractivity contribution in [3.63, 3.8) is 0 Å². The van der Waals surface area contributed by atoms with E-state index >= 15 is 0 Å². The van der Waals surface area contributed by atoms with Crippen molar-refractivity contribution in [2.75, 3.05) is 12.0 Å². The van der Waals surface area contributed by atoms with Gasteiger partial charge in [0.25, 0.3) is 5.91 Å². The number of nitrogens with one attached hydrogen (secondary N) is 1. The fourth-order valence-corrected chi connectivity index (χ4v) is 2.65. The van der Waals surface area contributed by atoms with Crippen molar-refractivity contribution >= 4 is 46.6 Å². The van der Waals surface area contributed by atoms with Crippen molar-refractivity contribution in [2.24, 2.45) is 0 Å². The molecular weight excluding hydrogens is 332 g/mol. The summed E-state index contributed by atoms with van der Waals surface area (Å²) in [5.41, 5.74) is 1.98. The molecule has 1 aliphatic heterocycles. The lowest BCUT2D eigenvalue weighted by Gasteiger charge is -2.13. The predicted molar refractivity (Wildman–Crippen MR) is 95.6 cm³/mol. The second kappa shape index (κ2) is 6.40. The van der Waals surface area contributed by atoms with Crippen molar-refractivity contribution in [1.82, 2.24) is 5.32 Å². The Hall–Kier alpha value is -2.37. The van der Waals surface area contributed by atoms with Gasteiger partial charge in [0, 0.05) is 5.02 Å². The van der Waals surface area contributed by atoms with E-state index in [0.29, 0.717) is 21.5 Å². The van der Waals surface area contributed by atoms with Gasteiger partial charge in [0.2, 0.25) is 0 Å². The van der Waals surface area contributed by atoms with Gasteiger partial charge in [-0.15, -0.1) is 0 Å². The lowest BCUT2D eigenvalue weighted by Crippen LogP contribution is -2.30. The normalized spacial score (nSPS) is 15.9. The van der Waals surface area contributed by atoms with Gasteiger partial charge in [-0.05, 0) is 60.3 Å². The van der Waals surface area contributed by atoms with Crippen LogP contribution in [0.3, 0.4) is 0 Å². The zero-order valence-electron chi connectivity index (χ0n) is 12.2. The predicted octanol–water partition coefficient (Wildman–Crippen LogP) is 3.61. The summed E-state index contributed by atoms with van der Waals surface area (Å²) in [6.07, 6.45) is 1.75. The summed E-state index contributed by atoms with van der Waals surface area (Å²) < 4.78 is 5.12. The van der Waals surface area contributed by atoms with Crippen LogP contribution in [0.15, 0.2) is 54.2 Å². The number of hydrogen-bond acceptors (Lipinski definition) is 3. The molecular formula is C17H13ClN2O2S. The zero-order chi connectivity index (χ0) is 16.4. The molecule has 23 heavy (non-hydrogen) atoms. The maximum Gasteiger partial charge on any atom is 0.281 e. The Labute approximate surface area is 144 Å². The average Bonchev–Trinajstić information content (AvgIpc) is 2.83. The van der Waals surface area contributed by atoms with Crippen LogP contribution >= 0.6 is 23.8 Å². The third kappa shape index (κ3) is 3.21. The fraction of sp³-hybridized carbons (Fsp3) is 0.0588. The molecule has 1 N–H and O–H groups in total. The molecule has 6 heteroatoms. The molecule has 0 saturated carbocycles. The molecule has 0 aromatic heterocycles. The minimum atomic E-state index is -0.201. The average molecular weight is 345 g/mol. The Morgan fingerprint density at radius 3 is 2.39 bits per heavy atom. The number of ether oxygens (including phenoxy) is 1. The van der Waals surface area contributed by atoms with E-state index in [2.05, 4.69) is 5.32 Å². The van der Waals surface area contributed by atoms with E-state index in [1.807, 2.05) is 24.3 Å². The van der Waals surface area contributed by atoms with Crippen LogP contribution in [0.25, 0.3) is 6.08 Å². The summed E-state index contributed by atoms with van der Waals surface area (Å²) in [6, 6.07) is 14.4. The number of rotatable bonds is 3. The van der Waals surface area contributed by atoms with Crippen LogP contribution < -0.4 is 15.0 Å². The van der Waals surface area contributed by atoms with Gasteiger partial charge in [-0.25, -0.2) is 0 Å². The molecule has 4 nitrogen and oxygen atoms in total. The summed E-state index contributed by atoms with van der Waals surface area (Å²) in [6.45, 7) is 0. The third-order valence-electron chi connectivity index (χ3n) is 3.39. The number of methoxy groups -OCH3 is 1. The van der Waals surface area contributed by atoms with Gasteiger partial charge >= 0.3 is 0 Å². The van der Waals surface area contributed by atoms with Crippen LogP contribution in [0.1, 0.15) is 5.56 Å². The third-order valence-corrected chi connectivity index (χ3v) is 3.93. The number of thiocarbonyl (C=S) groups is 1. The molecule has 1 fully saturated rings. The van der Waals surface area contributed by atoms with Crippen LogP contribution in [0.5, 0.6) is 5.75 Å². The molecule has 1 heterocycles. The highest BCUT2D eigenvalue weighted by atomic mass is 35.5. The summed E-state index contributed by atoms with van der Waals surface area (Å²) >= 11 is 11.1. The summed E-state index contributed by atoms with van der Waals surface area (Å²) in [7, 11) is 1.61. The SMILES string of the molecule is COc1ccc(/C=C2/NC(=S)N(c3ccc(Cl)cc3)C2=O)cc1. The quantitative estimate of drug-likeness (QED) is 0.682. The molecule has 0 atom stereocenters. The monoisotopic (exact) mass is 344 g/mol. The highest BCUT2D eigenvalue weighted by Gasteiger charge is 2.31. The molecule has 116 valence electrons. The van der Waals surface area contributed by atoms with Crippen molar-refractivity contribution in [2.45, 2.75) is 0 Å². The minimum Gasteiger partial charge on any atom is -0.497 e. The number of halogens is 1. The summed E-state index contributed by atoms with van der Waals surface area (Å²) in [4.78, 5) is 14.0. The molecule has 3 rings (SSSR count). The van der Waals surface area contributed by atoms with Gasteiger partial charge in [0.05, 0.1) is 12.8 Å². The van der Waals surface area contributed by atoms with Gasteiger partial charge in [-0.1, -0.05) is 23.7 Å². The number of amides is 1. The first-order chi connectivity index (χ1) is 11.1. The first-order valence-corrected chi connectivity index (χ1v) is 7.64. The zero-order valence-corrected chi connectivity index (χ0v) is 13.8. The van der Waals surface area contributed by atoms with E-state index in [1.165, 1.54) is 4.90 Å². The maximum atomic E-state index is 12.6. The molecule has 2 aromatic rings. The van der Waals surface area contributed by atoms with Gasteiger partial charge in [0.15, 0.2) is 5.11 Å². The highest BCUT2D eigenvalue weighted by molar-refractivity contribution is 7.80. The maximum absolute atomic E-state index is 12.6. The van der Waals surface area contributed by atoms with Crippen molar-refractivity contribution in [3.8, 4) is 5.75 Å². The standard InChI is InChI=1S/C17H13ClN2O2S/c1-22-14-8-2-11(3-9-14)10-15-16(21)20(17(23)19-15)13-6-4-12(18)5-7-13/h2-10H,1H3,(H,19,23)/b15-10+. The van der Waals surface area contributed by atoms with Crippen LogP contribution in [-0.2, 0) is 4.79 Å². The first kappa shape index (κ1) is 15.5. The van der Waals surface area contributed by atoms with Gasteiger partial charge in [-0.2, -0.15) is 0 Å². The molecule has 1 saturated heterocycles. The summed E-state index contributed by atoms with van der Waals surface area (Å²) in [5, 5.41) is 3.90. The van der Waals surface area contributed by atoms with Gasteiger partial charge in [0.1, 0.15) is 11.4 Å².